The zero-order valence-corrected chi connectivity index (χ0v) is 13.2. The third kappa shape index (κ3) is 2.83. The van der Waals surface area contributed by atoms with E-state index in [1.807, 2.05) is 49.4 Å². The van der Waals surface area contributed by atoms with Crippen LogP contribution in [0.2, 0.25) is 0 Å². The SMILES string of the molecule is COc1ccc(Oc2nc3ccccc3nc2C)c(Br)c1. The summed E-state index contributed by atoms with van der Waals surface area (Å²) in [5, 5.41) is 0. The third-order valence-corrected chi connectivity index (χ3v) is 3.67. The van der Waals surface area contributed by atoms with Crippen molar-refractivity contribution in [1.29, 1.82) is 0 Å². The predicted octanol–water partition coefficient (Wildman–Crippen LogP) is 4.50. The minimum absolute atomic E-state index is 0.500. The fourth-order valence-corrected chi connectivity index (χ4v) is 2.40. The van der Waals surface area contributed by atoms with Crippen LogP contribution in [0.15, 0.2) is 46.9 Å². The smallest absolute Gasteiger partial charge is 0.241 e. The van der Waals surface area contributed by atoms with Crippen molar-refractivity contribution in [2.24, 2.45) is 0 Å². The molecule has 1 aromatic heterocycles. The van der Waals surface area contributed by atoms with Gasteiger partial charge in [-0.05, 0) is 53.2 Å². The van der Waals surface area contributed by atoms with Gasteiger partial charge in [0.15, 0.2) is 0 Å². The van der Waals surface area contributed by atoms with Crippen molar-refractivity contribution in [1.82, 2.24) is 9.97 Å². The summed E-state index contributed by atoms with van der Waals surface area (Å²) in [6.07, 6.45) is 0. The number of methoxy groups -OCH3 is 1. The minimum Gasteiger partial charge on any atom is -0.497 e. The molecule has 0 aliphatic heterocycles. The van der Waals surface area contributed by atoms with Crippen molar-refractivity contribution in [2.75, 3.05) is 7.11 Å². The molecule has 0 saturated heterocycles. The number of hydrogen-bond acceptors (Lipinski definition) is 4. The van der Waals surface area contributed by atoms with Gasteiger partial charge in [0.1, 0.15) is 17.2 Å². The van der Waals surface area contributed by atoms with Crippen molar-refractivity contribution in [3.8, 4) is 17.4 Å². The average molecular weight is 345 g/mol. The number of para-hydroxylation sites is 2. The Morgan fingerprint density at radius 2 is 1.71 bits per heavy atom. The zero-order chi connectivity index (χ0) is 14.8. The van der Waals surface area contributed by atoms with E-state index in [2.05, 4.69) is 25.9 Å². The van der Waals surface area contributed by atoms with Gasteiger partial charge in [-0.25, -0.2) is 9.97 Å². The number of aryl methyl sites for hydroxylation is 1. The van der Waals surface area contributed by atoms with Gasteiger partial charge >= 0.3 is 0 Å². The van der Waals surface area contributed by atoms with Gasteiger partial charge < -0.3 is 9.47 Å². The standard InChI is InChI=1S/C16H13BrN2O2/c1-10-16(19-14-6-4-3-5-13(14)18-10)21-15-8-7-11(20-2)9-12(15)17/h3-9H,1-2H3. The van der Waals surface area contributed by atoms with E-state index in [-0.39, 0.29) is 0 Å². The molecule has 1 heterocycles. The zero-order valence-electron chi connectivity index (χ0n) is 11.6. The molecule has 0 saturated carbocycles. The lowest BCUT2D eigenvalue weighted by molar-refractivity contribution is 0.411. The van der Waals surface area contributed by atoms with Crippen molar-refractivity contribution in [3.63, 3.8) is 0 Å². The maximum absolute atomic E-state index is 5.87. The molecule has 2 aromatic carbocycles. The predicted molar refractivity (Wildman–Crippen MR) is 85.0 cm³/mol. The summed E-state index contributed by atoms with van der Waals surface area (Å²) in [6, 6.07) is 13.2. The number of halogens is 1. The molecule has 5 heteroatoms. The Labute approximate surface area is 130 Å². The Bertz CT molecular complexity index is 805. The molecular formula is C16H13BrN2O2. The molecule has 0 aliphatic rings. The largest absolute Gasteiger partial charge is 0.497 e. The van der Waals surface area contributed by atoms with Gasteiger partial charge in [0.05, 0.1) is 22.6 Å². The summed E-state index contributed by atoms with van der Waals surface area (Å²) in [5.41, 5.74) is 2.41. The lowest BCUT2D eigenvalue weighted by Crippen LogP contribution is -1.96. The maximum Gasteiger partial charge on any atom is 0.241 e. The maximum atomic E-state index is 5.87. The van der Waals surface area contributed by atoms with E-state index in [1.165, 1.54) is 0 Å². The van der Waals surface area contributed by atoms with Gasteiger partial charge in [-0.15, -0.1) is 0 Å². The van der Waals surface area contributed by atoms with Crippen LogP contribution in [0.25, 0.3) is 11.0 Å². The van der Waals surface area contributed by atoms with Crippen LogP contribution in [0.4, 0.5) is 0 Å². The molecule has 0 spiro atoms. The van der Waals surface area contributed by atoms with E-state index in [1.54, 1.807) is 7.11 Å². The first-order chi connectivity index (χ1) is 10.2. The minimum atomic E-state index is 0.500. The Hall–Kier alpha value is -2.14. The van der Waals surface area contributed by atoms with Gasteiger partial charge in [0.25, 0.3) is 0 Å². The van der Waals surface area contributed by atoms with E-state index in [9.17, 15) is 0 Å². The third-order valence-electron chi connectivity index (χ3n) is 3.05. The van der Waals surface area contributed by atoms with Crippen LogP contribution in [-0.2, 0) is 0 Å². The number of benzene rings is 2. The lowest BCUT2D eigenvalue weighted by Gasteiger charge is -2.10. The van der Waals surface area contributed by atoms with Crippen LogP contribution in [0, 0.1) is 6.92 Å². The molecule has 4 nitrogen and oxygen atoms in total. The van der Waals surface area contributed by atoms with E-state index in [4.69, 9.17) is 9.47 Å². The molecule has 0 bridgehead atoms. The Morgan fingerprint density at radius 3 is 2.38 bits per heavy atom. The van der Waals surface area contributed by atoms with Crippen LogP contribution < -0.4 is 9.47 Å². The Kier molecular flexibility index (Phi) is 3.75. The van der Waals surface area contributed by atoms with E-state index in [0.717, 1.165) is 26.9 Å². The second-order valence-corrected chi connectivity index (χ2v) is 5.36. The first kappa shape index (κ1) is 13.8. The summed E-state index contributed by atoms with van der Waals surface area (Å²) in [4.78, 5) is 9.02. The quantitative estimate of drug-likeness (QED) is 0.701. The second kappa shape index (κ2) is 5.69. The first-order valence-electron chi connectivity index (χ1n) is 6.42. The highest BCUT2D eigenvalue weighted by Crippen LogP contribution is 2.33. The van der Waals surface area contributed by atoms with E-state index >= 15 is 0 Å². The molecular weight excluding hydrogens is 332 g/mol. The Morgan fingerprint density at radius 1 is 1.00 bits per heavy atom. The summed E-state index contributed by atoms with van der Waals surface area (Å²) in [6.45, 7) is 1.88. The summed E-state index contributed by atoms with van der Waals surface area (Å²) < 4.78 is 11.8. The highest BCUT2D eigenvalue weighted by molar-refractivity contribution is 9.10. The molecule has 0 amide bonds. The van der Waals surface area contributed by atoms with Gasteiger partial charge in [0, 0.05) is 0 Å². The molecule has 0 atom stereocenters. The second-order valence-electron chi connectivity index (χ2n) is 4.50. The van der Waals surface area contributed by atoms with Crippen LogP contribution in [0.5, 0.6) is 17.4 Å². The number of aromatic nitrogens is 2. The fraction of sp³-hybridized carbons (Fsp3) is 0.125. The highest BCUT2D eigenvalue weighted by atomic mass is 79.9. The number of ether oxygens (including phenoxy) is 2. The number of nitrogens with zero attached hydrogens (tertiary/aromatic N) is 2. The molecule has 0 unspecified atom stereocenters. The van der Waals surface area contributed by atoms with Crippen molar-refractivity contribution in [3.05, 3.63) is 52.6 Å². The summed E-state index contributed by atoms with van der Waals surface area (Å²) in [5.74, 6) is 1.93. The van der Waals surface area contributed by atoms with E-state index < -0.39 is 0 Å². The van der Waals surface area contributed by atoms with Crippen molar-refractivity contribution < 1.29 is 9.47 Å². The summed E-state index contributed by atoms with van der Waals surface area (Å²) >= 11 is 3.47. The van der Waals surface area contributed by atoms with Crippen LogP contribution >= 0.6 is 15.9 Å². The van der Waals surface area contributed by atoms with Crippen molar-refractivity contribution >= 4 is 27.0 Å². The molecule has 21 heavy (non-hydrogen) atoms. The van der Waals surface area contributed by atoms with E-state index in [0.29, 0.717) is 11.6 Å². The fourth-order valence-electron chi connectivity index (χ4n) is 1.96. The topological polar surface area (TPSA) is 44.2 Å². The molecule has 106 valence electrons. The van der Waals surface area contributed by atoms with Crippen LogP contribution in [-0.4, -0.2) is 17.1 Å². The van der Waals surface area contributed by atoms with Gasteiger partial charge in [-0.2, -0.15) is 0 Å². The normalized spacial score (nSPS) is 10.6. The molecule has 0 aliphatic carbocycles. The van der Waals surface area contributed by atoms with Gasteiger partial charge in [0.2, 0.25) is 5.88 Å². The first-order valence-corrected chi connectivity index (χ1v) is 7.21. The number of fused-ring (bicyclic) bond motifs is 1. The molecule has 3 rings (SSSR count). The number of rotatable bonds is 3. The molecule has 0 N–H and O–H groups in total. The molecule has 0 radical (unpaired) electrons. The Balaban J connectivity index is 1.99. The monoisotopic (exact) mass is 344 g/mol. The lowest BCUT2D eigenvalue weighted by atomic mass is 10.3. The average Bonchev–Trinajstić information content (AvgIpc) is 2.49. The van der Waals surface area contributed by atoms with Crippen LogP contribution in [0.1, 0.15) is 5.69 Å². The summed E-state index contributed by atoms with van der Waals surface area (Å²) in [7, 11) is 1.63. The van der Waals surface area contributed by atoms with Crippen molar-refractivity contribution in [2.45, 2.75) is 6.92 Å². The molecule has 3 aromatic rings. The van der Waals surface area contributed by atoms with Gasteiger partial charge in [-0.3, -0.25) is 0 Å². The van der Waals surface area contributed by atoms with Crippen LogP contribution in [0.3, 0.4) is 0 Å². The highest BCUT2D eigenvalue weighted by Gasteiger charge is 2.10. The number of hydrogen-bond donors (Lipinski definition) is 0. The van der Waals surface area contributed by atoms with Gasteiger partial charge in [-0.1, -0.05) is 12.1 Å². The molecule has 0 fully saturated rings.